The van der Waals surface area contributed by atoms with Crippen LogP contribution >= 0.6 is 0 Å². The van der Waals surface area contributed by atoms with Gasteiger partial charge in [-0.2, -0.15) is 0 Å². The molecule has 5 nitrogen and oxygen atoms in total. The van der Waals surface area contributed by atoms with E-state index in [1.54, 1.807) is 62.5 Å². The maximum Gasteiger partial charge on any atom is 0.277 e. The predicted octanol–water partition coefficient (Wildman–Crippen LogP) is 2.48. The first-order valence-corrected chi connectivity index (χ1v) is 7.49. The zero-order valence-electron chi connectivity index (χ0n) is 13.4. The van der Waals surface area contributed by atoms with Crippen molar-refractivity contribution in [2.45, 2.75) is 6.92 Å². The minimum atomic E-state index is -0.359. The quantitative estimate of drug-likeness (QED) is 0.751. The fourth-order valence-corrected chi connectivity index (χ4v) is 2.63. The molecule has 1 heterocycles. The normalized spacial score (nSPS) is 10.6. The van der Waals surface area contributed by atoms with E-state index in [-0.39, 0.29) is 22.7 Å². The molecule has 0 saturated carbocycles. The highest BCUT2D eigenvalue weighted by Gasteiger charge is 2.19. The first kappa shape index (κ1) is 15.7. The Morgan fingerprint density at radius 1 is 0.833 bits per heavy atom. The summed E-state index contributed by atoms with van der Waals surface area (Å²) in [4.78, 5) is 36.9. The maximum absolute atomic E-state index is 12.5. The lowest BCUT2D eigenvalue weighted by Gasteiger charge is -2.03. The third-order valence-corrected chi connectivity index (χ3v) is 3.90. The SMILES string of the molecule is Cc1[nH]n(C)c(=O)c1C(=O)c1ccc(C(=O)c2ccccc2)cc1. The van der Waals surface area contributed by atoms with E-state index in [9.17, 15) is 14.4 Å². The number of rotatable bonds is 4. The molecule has 3 rings (SSSR count). The standard InChI is InChI=1S/C19H16N2O3/c1-12-16(19(24)21(2)20-12)18(23)15-10-8-14(9-11-15)17(22)13-6-4-3-5-7-13/h3-11,20H,1-2H3. The van der Waals surface area contributed by atoms with Crippen LogP contribution in [0.4, 0.5) is 0 Å². The van der Waals surface area contributed by atoms with Crippen molar-refractivity contribution in [2.75, 3.05) is 0 Å². The molecule has 0 aliphatic rings. The van der Waals surface area contributed by atoms with Crippen molar-refractivity contribution in [1.29, 1.82) is 0 Å². The van der Waals surface area contributed by atoms with Crippen LogP contribution in [-0.2, 0) is 7.05 Å². The summed E-state index contributed by atoms with van der Waals surface area (Å²) >= 11 is 0. The van der Waals surface area contributed by atoms with Crippen LogP contribution in [0.25, 0.3) is 0 Å². The van der Waals surface area contributed by atoms with E-state index in [0.29, 0.717) is 22.4 Å². The summed E-state index contributed by atoms with van der Waals surface area (Å²) in [5.74, 6) is -0.462. The van der Waals surface area contributed by atoms with Crippen molar-refractivity contribution in [3.8, 4) is 0 Å². The topological polar surface area (TPSA) is 71.9 Å². The summed E-state index contributed by atoms with van der Waals surface area (Å²) in [5.41, 5.74) is 1.75. The van der Waals surface area contributed by atoms with Crippen molar-refractivity contribution in [2.24, 2.45) is 7.05 Å². The molecular formula is C19H16N2O3. The van der Waals surface area contributed by atoms with Crippen molar-refractivity contribution >= 4 is 11.6 Å². The second kappa shape index (κ2) is 6.12. The molecule has 2 aromatic carbocycles. The van der Waals surface area contributed by atoms with Gasteiger partial charge in [0.05, 0.1) is 0 Å². The Hall–Kier alpha value is -3.21. The fraction of sp³-hybridized carbons (Fsp3) is 0.105. The van der Waals surface area contributed by atoms with Gasteiger partial charge >= 0.3 is 0 Å². The number of nitrogens with one attached hydrogen (secondary N) is 1. The van der Waals surface area contributed by atoms with Gasteiger partial charge in [0.2, 0.25) is 0 Å². The summed E-state index contributed by atoms with van der Waals surface area (Å²) in [6.45, 7) is 1.68. The Bertz CT molecular complexity index is 964. The number of aromatic amines is 1. The highest BCUT2D eigenvalue weighted by Crippen LogP contribution is 2.14. The van der Waals surface area contributed by atoms with Crippen molar-refractivity contribution in [1.82, 2.24) is 9.78 Å². The molecule has 0 aliphatic carbocycles. The van der Waals surface area contributed by atoms with Crippen LogP contribution in [0.5, 0.6) is 0 Å². The largest absolute Gasteiger partial charge is 0.299 e. The fourth-order valence-electron chi connectivity index (χ4n) is 2.63. The molecule has 1 aromatic heterocycles. The molecule has 1 N–H and O–H groups in total. The number of carbonyl (C=O) groups is 2. The molecular weight excluding hydrogens is 304 g/mol. The van der Waals surface area contributed by atoms with Gasteiger partial charge in [-0.3, -0.25) is 24.2 Å². The van der Waals surface area contributed by atoms with E-state index in [2.05, 4.69) is 5.10 Å². The molecule has 0 fully saturated rings. The third kappa shape index (κ3) is 2.72. The molecule has 0 amide bonds. The monoisotopic (exact) mass is 320 g/mol. The zero-order chi connectivity index (χ0) is 17.3. The molecule has 0 aliphatic heterocycles. The van der Waals surface area contributed by atoms with Gasteiger partial charge in [0.25, 0.3) is 5.56 Å². The molecule has 24 heavy (non-hydrogen) atoms. The number of nitrogens with zero attached hydrogens (tertiary/aromatic N) is 1. The molecule has 0 unspecified atom stereocenters. The molecule has 0 spiro atoms. The predicted molar refractivity (Wildman–Crippen MR) is 90.5 cm³/mol. The van der Waals surface area contributed by atoms with Crippen molar-refractivity contribution in [3.63, 3.8) is 0 Å². The molecule has 0 saturated heterocycles. The van der Waals surface area contributed by atoms with Gasteiger partial charge in [-0.1, -0.05) is 54.6 Å². The average Bonchev–Trinajstić information content (AvgIpc) is 2.87. The number of aromatic nitrogens is 2. The van der Waals surface area contributed by atoms with E-state index in [1.807, 2.05) is 6.07 Å². The maximum atomic E-state index is 12.5. The third-order valence-electron chi connectivity index (χ3n) is 3.90. The molecule has 0 radical (unpaired) electrons. The number of aryl methyl sites for hydroxylation is 2. The Balaban J connectivity index is 1.91. The van der Waals surface area contributed by atoms with Crippen molar-refractivity contribution in [3.05, 3.63) is 92.9 Å². The van der Waals surface area contributed by atoms with Crippen molar-refractivity contribution < 1.29 is 9.59 Å². The Morgan fingerprint density at radius 3 is 1.83 bits per heavy atom. The highest BCUT2D eigenvalue weighted by atomic mass is 16.2. The summed E-state index contributed by atoms with van der Waals surface area (Å²) < 4.78 is 1.27. The van der Waals surface area contributed by atoms with Crippen LogP contribution in [0.2, 0.25) is 0 Å². The minimum Gasteiger partial charge on any atom is -0.299 e. The Kier molecular flexibility index (Phi) is 4.00. The van der Waals surface area contributed by atoms with Crippen LogP contribution in [0, 0.1) is 6.92 Å². The smallest absolute Gasteiger partial charge is 0.277 e. The lowest BCUT2D eigenvalue weighted by molar-refractivity contribution is 0.102. The van der Waals surface area contributed by atoms with Crippen LogP contribution in [0.3, 0.4) is 0 Å². The van der Waals surface area contributed by atoms with E-state index >= 15 is 0 Å². The zero-order valence-corrected chi connectivity index (χ0v) is 13.4. The lowest BCUT2D eigenvalue weighted by atomic mass is 9.99. The number of ketones is 2. The van der Waals surface area contributed by atoms with Gasteiger partial charge in [-0.15, -0.1) is 0 Å². The van der Waals surface area contributed by atoms with Crippen LogP contribution in [0.15, 0.2) is 59.4 Å². The number of benzene rings is 2. The second-order valence-electron chi connectivity index (χ2n) is 5.58. The van der Waals surface area contributed by atoms with Gasteiger partial charge in [0.15, 0.2) is 11.6 Å². The van der Waals surface area contributed by atoms with Crippen LogP contribution in [0.1, 0.15) is 37.5 Å². The first-order valence-electron chi connectivity index (χ1n) is 7.49. The highest BCUT2D eigenvalue weighted by molar-refractivity contribution is 6.11. The van der Waals surface area contributed by atoms with Gasteiger partial charge in [-0.25, -0.2) is 0 Å². The Labute approximate surface area is 138 Å². The van der Waals surface area contributed by atoms with Gasteiger partial charge < -0.3 is 0 Å². The molecule has 120 valence electrons. The summed E-state index contributed by atoms with van der Waals surface area (Å²) in [6.07, 6.45) is 0. The van der Waals surface area contributed by atoms with E-state index < -0.39 is 0 Å². The minimum absolute atomic E-state index is 0.108. The number of hydrogen-bond acceptors (Lipinski definition) is 3. The lowest BCUT2D eigenvalue weighted by Crippen LogP contribution is -2.19. The van der Waals surface area contributed by atoms with Crippen LogP contribution in [-0.4, -0.2) is 21.3 Å². The molecule has 5 heteroatoms. The summed E-state index contributed by atoms with van der Waals surface area (Å²) in [5, 5.41) is 2.81. The summed E-state index contributed by atoms with van der Waals surface area (Å²) in [7, 11) is 1.56. The Morgan fingerprint density at radius 2 is 1.33 bits per heavy atom. The number of carbonyl (C=O) groups excluding carboxylic acids is 2. The first-order chi connectivity index (χ1) is 11.5. The second-order valence-corrected chi connectivity index (χ2v) is 5.58. The van der Waals surface area contributed by atoms with Crippen LogP contribution < -0.4 is 5.56 Å². The van der Waals surface area contributed by atoms with E-state index in [1.165, 1.54) is 4.68 Å². The van der Waals surface area contributed by atoms with Gasteiger partial charge in [-0.05, 0) is 6.92 Å². The van der Waals surface area contributed by atoms with E-state index in [4.69, 9.17) is 0 Å². The van der Waals surface area contributed by atoms with E-state index in [0.717, 1.165) is 0 Å². The summed E-state index contributed by atoms with van der Waals surface area (Å²) in [6, 6.07) is 15.3. The average molecular weight is 320 g/mol. The number of H-pyrrole nitrogens is 1. The molecule has 0 atom stereocenters. The van der Waals surface area contributed by atoms with Gasteiger partial charge in [0.1, 0.15) is 5.56 Å². The number of hydrogen-bond donors (Lipinski definition) is 1. The van der Waals surface area contributed by atoms with Gasteiger partial charge in [0, 0.05) is 29.4 Å². The molecule has 0 bridgehead atoms. The molecule has 3 aromatic rings.